The molecule has 2 N–H and O–H groups in total. The monoisotopic (exact) mass is 562 g/mol. The van der Waals surface area contributed by atoms with Gasteiger partial charge in [-0.15, -0.1) is 0 Å². The Hall–Kier alpha value is -4.63. The molecule has 10 heteroatoms. The highest BCUT2D eigenvalue weighted by molar-refractivity contribution is 6.31. The number of Topliss-reactive ketones (excluding diaryl/α,β-unsaturated/α-hetero) is 1. The van der Waals surface area contributed by atoms with E-state index in [1.54, 1.807) is 43.3 Å². The molecule has 206 valence electrons. The van der Waals surface area contributed by atoms with Crippen LogP contribution in [0.15, 0.2) is 76.4 Å². The van der Waals surface area contributed by atoms with Crippen LogP contribution in [0.2, 0.25) is 5.02 Å². The Morgan fingerprint density at radius 3 is 2.42 bits per heavy atom. The third kappa shape index (κ3) is 4.58. The number of aromatic hydroxyl groups is 1. The number of ether oxygens (including phenoxy) is 2. The second-order valence-corrected chi connectivity index (χ2v) is 9.81. The van der Waals surface area contributed by atoms with Crippen LogP contribution in [0.25, 0.3) is 11.0 Å². The van der Waals surface area contributed by atoms with Crippen molar-refractivity contribution < 1.29 is 33.7 Å². The lowest BCUT2D eigenvalue weighted by molar-refractivity contribution is -0.117. The van der Waals surface area contributed by atoms with Crippen LogP contribution in [0, 0.1) is 0 Å². The number of phenols is 1. The second-order valence-electron chi connectivity index (χ2n) is 9.38. The number of anilines is 2. The smallest absolute Gasteiger partial charge is 0.294 e. The van der Waals surface area contributed by atoms with Gasteiger partial charge in [0.15, 0.2) is 34.4 Å². The van der Waals surface area contributed by atoms with Crippen molar-refractivity contribution >= 4 is 45.6 Å². The van der Waals surface area contributed by atoms with E-state index < -0.39 is 23.5 Å². The molecule has 1 aliphatic rings. The summed E-state index contributed by atoms with van der Waals surface area (Å²) in [6.07, 6.45) is 0. The average Bonchev–Trinajstić information content (AvgIpc) is 3.48. The molecule has 1 aliphatic heterocycles. The topological polar surface area (TPSA) is 113 Å². The summed E-state index contributed by atoms with van der Waals surface area (Å²) in [7, 11) is 5.24. The number of rotatable bonds is 8. The van der Waals surface area contributed by atoms with Gasteiger partial charge in [0, 0.05) is 41.9 Å². The van der Waals surface area contributed by atoms with Gasteiger partial charge >= 0.3 is 0 Å². The summed E-state index contributed by atoms with van der Waals surface area (Å²) in [5.74, 6) is -1.85. The lowest BCUT2D eigenvalue weighted by atomic mass is 9.94. The summed E-state index contributed by atoms with van der Waals surface area (Å²) in [6.45, 7) is 2.05. The number of hydrogen-bond acceptors (Lipinski definition) is 8. The molecule has 0 radical (unpaired) electrons. The maximum Gasteiger partial charge on any atom is 0.294 e. The standard InChI is InChI=1S/C30H27ClN2O7/c1-5-39-22-13-16(6-11-21(22)34)26-25(27(35)23-14-17-12-18(31)15-24(38-4)29(17)40-23)28(36)30(37)33(26)20-9-7-19(8-10-20)32(2)3/h6-15,26,34,36H,5H2,1-4H3. The van der Waals surface area contributed by atoms with E-state index in [2.05, 4.69) is 0 Å². The van der Waals surface area contributed by atoms with Crippen LogP contribution >= 0.6 is 11.6 Å². The number of ketones is 1. The molecule has 3 aromatic carbocycles. The van der Waals surface area contributed by atoms with Gasteiger partial charge in [-0.05, 0) is 61.0 Å². The summed E-state index contributed by atoms with van der Waals surface area (Å²) in [4.78, 5) is 30.8. The first kappa shape index (κ1) is 27.0. The Bertz CT molecular complexity index is 1660. The first-order valence-electron chi connectivity index (χ1n) is 12.5. The number of aliphatic hydroxyl groups excluding tert-OH is 1. The van der Waals surface area contributed by atoms with Gasteiger partial charge in [0.05, 0.1) is 25.3 Å². The third-order valence-electron chi connectivity index (χ3n) is 6.69. The summed E-state index contributed by atoms with van der Waals surface area (Å²) in [5.41, 5.74) is 1.92. The van der Waals surface area contributed by atoms with E-state index in [9.17, 15) is 19.8 Å². The van der Waals surface area contributed by atoms with Crippen molar-refractivity contribution in [1.82, 2.24) is 0 Å². The number of amides is 1. The summed E-state index contributed by atoms with van der Waals surface area (Å²) >= 11 is 6.19. The minimum Gasteiger partial charge on any atom is -0.504 e. The molecule has 1 aromatic heterocycles. The predicted octanol–water partition coefficient (Wildman–Crippen LogP) is 6.05. The van der Waals surface area contributed by atoms with Crippen molar-refractivity contribution in [3.05, 3.63) is 88.3 Å². The number of carbonyl (C=O) groups is 2. The van der Waals surface area contributed by atoms with Crippen molar-refractivity contribution in [2.75, 3.05) is 37.6 Å². The molecule has 1 amide bonds. The number of phenolic OH excluding ortho intramolecular Hbond substituents is 1. The first-order chi connectivity index (χ1) is 19.1. The van der Waals surface area contributed by atoms with E-state index in [4.69, 9.17) is 25.5 Å². The Morgan fingerprint density at radius 1 is 1.05 bits per heavy atom. The molecule has 0 fully saturated rings. The van der Waals surface area contributed by atoms with Crippen molar-refractivity contribution in [3.8, 4) is 17.2 Å². The molecule has 9 nitrogen and oxygen atoms in total. The van der Waals surface area contributed by atoms with E-state index in [1.807, 2.05) is 31.1 Å². The number of halogens is 1. The molecule has 2 heterocycles. The van der Waals surface area contributed by atoms with Crippen LogP contribution in [-0.4, -0.2) is 49.7 Å². The fourth-order valence-electron chi connectivity index (χ4n) is 4.78. The zero-order chi connectivity index (χ0) is 28.7. The van der Waals surface area contributed by atoms with Gasteiger partial charge in [-0.1, -0.05) is 17.7 Å². The number of benzene rings is 3. The van der Waals surface area contributed by atoms with Crippen LogP contribution in [0.3, 0.4) is 0 Å². The zero-order valence-electron chi connectivity index (χ0n) is 22.3. The fraction of sp³-hybridized carbons (Fsp3) is 0.200. The first-order valence-corrected chi connectivity index (χ1v) is 12.8. The fourth-order valence-corrected chi connectivity index (χ4v) is 5.00. The molecule has 0 aliphatic carbocycles. The number of nitrogens with zero attached hydrogens (tertiary/aromatic N) is 2. The molecule has 1 atom stereocenters. The SMILES string of the molecule is CCOc1cc(C2C(C(=O)c3cc4cc(Cl)cc(OC)c4o3)=C(O)C(=O)N2c2ccc(N(C)C)cc2)ccc1O. The van der Waals surface area contributed by atoms with Gasteiger partial charge in [-0.25, -0.2) is 0 Å². The van der Waals surface area contributed by atoms with Crippen molar-refractivity contribution in [2.45, 2.75) is 13.0 Å². The summed E-state index contributed by atoms with van der Waals surface area (Å²) in [6, 6.07) is 15.3. The highest BCUT2D eigenvalue weighted by atomic mass is 35.5. The minimum atomic E-state index is -1.05. The predicted molar refractivity (Wildman–Crippen MR) is 152 cm³/mol. The lowest BCUT2D eigenvalue weighted by Gasteiger charge is -2.27. The van der Waals surface area contributed by atoms with Crippen molar-refractivity contribution in [3.63, 3.8) is 0 Å². The molecule has 0 spiro atoms. The number of methoxy groups -OCH3 is 1. The van der Waals surface area contributed by atoms with Crippen molar-refractivity contribution in [2.24, 2.45) is 0 Å². The second kappa shape index (κ2) is 10.5. The maximum atomic E-state index is 14.0. The molecular formula is C30H27ClN2O7. The van der Waals surface area contributed by atoms with E-state index in [-0.39, 0.29) is 29.4 Å². The Labute approximate surface area is 235 Å². The largest absolute Gasteiger partial charge is 0.504 e. The van der Waals surface area contributed by atoms with E-state index in [1.165, 1.54) is 24.1 Å². The van der Waals surface area contributed by atoms with Crippen LogP contribution in [0.1, 0.15) is 29.1 Å². The summed E-state index contributed by atoms with van der Waals surface area (Å²) in [5, 5.41) is 22.4. The number of carbonyl (C=O) groups excluding carboxylic acids is 2. The van der Waals surface area contributed by atoms with Gasteiger partial charge in [0.2, 0.25) is 5.78 Å². The maximum absolute atomic E-state index is 14.0. The molecule has 40 heavy (non-hydrogen) atoms. The Balaban J connectivity index is 1.67. The minimum absolute atomic E-state index is 0.0980. The third-order valence-corrected chi connectivity index (χ3v) is 6.91. The quantitative estimate of drug-likeness (QED) is 0.250. The van der Waals surface area contributed by atoms with Gasteiger partial charge in [0.1, 0.15) is 0 Å². The van der Waals surface area contributed by atoms with Gasteiger partial charge < -0.3 is 29.0 Å². The molecule has 0 saturated heterocycles. The molecule has 5 rings (SSSR count). The van der Waals surface area contributed by atoms with Gasteiger partial charge in [-0.2, -0.15) is 0 Å². The van der Waals surface area contributed by atoms with E-state index >= 15 is 0 Å². The molecule has 4 aromatic rings. The van der Waals surface area contributed by atoms with Crippen LogP contribution in [0.4, 0.5) is 11.4 Å². The Morgan fingerprint density at radius 2 is 1.77 bits per heavy atom. The molecule has 1 unspecified atom stereocenters. The molecular weight excluding hydrogens is 536 g/mol. The van der Waals surface area contributed by atoms with Crippen molar-refractivity contribution in [1.29, 1.82) is 0 Å². The van der Waals surface area contributed by atoms with Crippen LogP contribution in [-0.2, 0) is 4.79 Å². The Kier molecular flexibility index (Phi) is 7.08. The lowest BCUT2D eigenvalue weighted by Crippen LogP contribution is -2.31. The van der Waals surface area contributed by atoms with Crippen LogP contribution < -0.4 is 19.3 Å². The number of fused-ring (bicyclic) bond motifs is 1. The van der Waals surface area contributed by atoms with Gasteiger partial charge in [-0.3, -0.25) is 14.5 Å². The number of hydrogen-bond donors (Lipinski definition) is 2. The molecule has 0 saturated carbocycles. The zero-order valence-corrected chi connectivity index (χ0v) is 23.0. The van der Waals surface area contributed by atoms with E-state index in [0.29, 0.717) is 33.0 Å². The van der Waals surface area contributed by atoms with Crippen LogP contribution in [0.5, 0.6) is 17.2 Å². The average molecular weight is 563 g/mol. The van der Waals surface area contributed by atoms with E-state index in [0.717, 1.165) is 5.69 Å². The highest BCUT2D eigenvalue weighted by Crippen LogP contribution is 2.45. The molecule has 0 bridgehead atoms. The normalized spacial score (nSPS) is 15.2. The van der Waals surface area contributed by atoms with Gasteiger partial charge in [0.25, 0.3) is 5.91 Å². The highest BCUT2D eigenvalue weighted by Gasteiger charge is 2.45. The number of furan rings is 1. The summed E-state index contributed by atoms with van der Waals surface area (Å²) < 4.78 is 16.8. The number of aliphatic hydroxyl groups is 1.